The van der Waals surface area contributed by atoms with E-state index in [4.69, 9.17) is 9.72 Å². The fraction of sp³-hybridized carbons (Fsp3) is 0.270. The molecule has 1 aliphatic heterocycles. The van der Waals surface area contributed by atoms with E-state index in [9.17, 15) is 4.79 Å². The number of amides is 2. The topological polar surface area (TPSA) is 79.4 Å². The minimum absolute atomic E-state index is 0.0709. The van der Waals surface area contributed by atoms with Crippen molar-refractivity contribution in [1.29, 1.82) is 0 Å². The Morgan fingerprint density at radius 2 is 1.48 bits per heavy atom. The van der Waals surface area contributed by atoms with E-state index in [1.54, 1.807) is 0 Å². The summed E-state index contributed by atoms with van der Waals surface area (Å²) in [5, 5.41) is 8.26. The average Bonchev–Trinajstić information content (AvgIpc) is 3.02. The monoisotopic (exact) mass is 585 g/mol. The summed E-state index contributed by atoms with van der Waals surface area (Å²) in [5.41, 5.74) is 8.52. The summed E-state index contributed by atoms with van der Waals surface area (Å²) in [7, 11) is 0. The quantitative estimate of drug-likeness (QED) is 0.211. The van der Waals surface area contributed by atoms with Crippen LogP contribution in [0.5, 0.6) is 0 Å². The van der Waals surface area contributed by atoms with Gasteiger partial charge in [-0.05, 0) is 53.1 Å². The lowest BCUT2D eigenvalue weighted by Crippen LogP contribution is -2.35. The van der Waals surface area contributed by atoms with Gasteiger partial charge in [-0.2, -0.15) is 0 Å². The molecule has 1 saturated heterocycles. The molecule has 3 heterocycles. The zero-order valence-corrected chi connectivity index (χ0v) is 25.9. The number of urea groups is 1. The maximum atomic E-state index is 13.5. The van der Waals surface area contributed by atoms with Gasteiger partial charge in [0.25, 0.3) is 0 Å². The van der Waals surface area contributed by atoms with Crippen molar-refractivity contribution in [2.24, 2.45) is 0 Å². The predicted molar refractivity (Wildman–Crippen MR) is 179 cm³/mol. The molecule has 0 bridgehead atoms. The molecule has 2 amide bonds. The third-order valence-electron chi connectivity index (χ3n) is 8.15. The second-order valence-corrected chi connectivity index (χ2v) is 12.4. The molecular weight excluding hydrogens is 546 g/mol. The number of pyridine rings is 2. The lowest BCUT2D eigenvalue weighted by molar-refractivity contribution is 0.0336. The molecule has 1 aliphatic rings. The summed E-state index contributed by atoms with van der Waals surface area (Å²) in [6.45, 7) is 12.7. The van der Waals surface area contributed by atoms with Gasteiger partial charge in [0.1, 0.15) is 0 Å². The van der Waals surface area contributed by atoms with Crippen LogP contribution in [0.15, 0.2) is 91.3 Å². The normalized spacial score (nSPS) is 14.0. The second kappa shape index (κ2) is 12.6. The van der Waals surface area contributed by atoms with E-state index in [2.05, 4.69) is 83.8 Å². The van der Waals surface area contributed by atoms with Crippen LogP contribution in [0.1, 0.15) is 37.7 Å². The van der Waals surface area contributed by atoms with E-state index < -0.39 is 0 Å². The number of nitrogens with zero attached hydrogens (tertiary/aromatic N) is 3. The van der Waals surface area contributed by atoms with Crippen molar-refractivity contribution in [1.82, 2.24) is 14.9 Å². The minimum atomic E-state index is -0.301. The van der Waals surface area contributed by atoms with Gasteiger partial charge in [0, 0.05) is 59.8 Å². The van der Waals surface area contributed by atoms with Crippen LogP contribution in [0.2, 0.25) is 0 Å². The van der Waals surface area contributed by atoms with Crippen LogP contribution in [0.4, 0.5) is 16.2 Å². The van der Waals surface area contributed by atoms with Gasteiger partial charge in [0.2, 0.25) is 0 Å². The van der Waals surface area contributed by atoms with Crippen molar-refractivity contribution in [2.45, 2.75) is 39.7 Å². The van der Waals surface area contributed by atoms with E-state index >= 15 is 0 Å². The van der Waals surface area contributed by atoms with Crippen molar-refractivity contribution >= 4 is 28.2 Å². The van der Waals surface area contributed by atoms with Crippen LogP contribution in [-0.4, -0.2) is 47.2 Å². The summed E-state index contributed by atoms with van der Waals surface area (Å²) in [6.07, 6.45) is 3.79. The van der Waals surface area contributed by atoms with Crippen LogP contribution in [-0.2, 0) is 16.7 Å². The van der Waals surface area contributed by atoms with Crippen LogP contribution < -0.4 is 10.6 Å². The number of anilines is 2. The molecule has 0 saturated carbocycles. The highest BCUT2D eigenvalue weighted by Gasteiger charge is 2.18. The first-order valence-corrected chi connectivity index (χ1v) is 15.2. The van der Waals surface area contributed by atoms with E-state index in [1.165, 1.54) is 0 Å². The molecule has 5 aromatic rings. The summed E-state index contributed by atoms with van der Waals surface area (Å²) < 4.78 is 5.47. The minimum Gasteiger partial charge on any atom is -0.379 e. The Labute approximate surface area is 259 Å². The molecule has 0 radical (unpaired) electrons. The Bertz CT molecular complexity index is 1770. The van der Waals surface area contributed by atoms with Gasteiger partial charge in [-0.25, -0.2) is 4.79 Å². The number of aromatic nitrogens is 2. The van der Waals surface area contributed by atoms with Gasteiger partial charge in [-0.1, -0.05) is 75.4 Å². The van der Waals surface area contributed by atoms with Gasteiger partial charge in [0.15, 0.2) is 0 Å². The fourth-order valence-electron chi connectivity index (χ4n) is 5.59. The molecule has 1 fully saturated rings. The fourth-order valence-corrected chi connectivity index (χ4v) is 5.59. The SMILES string of the molecule is Cc1ccc(-c2ccc(C(C)(C)C)cc2NC(=O)Nc2ccc(-c3ccc(CN4CCOCC4)nc3)c3ccccc23)cn1. The zero-order valence-electron chi connectivity index (χ0n) is 25.9. The molecule has 224 valence electrons. The molecule has 2 aromatic heterocycles. The van der Waals surface area contributed by atoms with Gasteiger partial charge < -0.3 is 15.4 Å². The number of rotatable bonds is 6. The summed E-state index contributed by atoms with van der Waals surface area (Å²) in [4.78, 5) is 25.1. The Morgan fingerprint density at radius 1 is 0.795 bits per heavy atom. The molecule has 7 nitrogen and oxygen atoms in total. The van der Waals surface area contributed by atoms with Crippen LogP contribution >= 0.6 is 0 Å². The van der Waals surface area contributed by atoms with Crippen molar-refractivity contribution in [3.05, 3.63) is 108 Å². The molecular formula is C37H39N5O2. The molecule has 6 rings (SSSR count). The van der Waals surface area contributed by atoms with Crippen LogP contribution in [0, 0.1) is 6.92 Å². The zero-order chi connectivity index (χ0) is 30.7. The third-order valence-corrected chi connectivity index (χ3v) is 8.15. The van der Waals surface area contributed by atoms with Crippen molar-refractivity contribution in [2.75, 3.05) is 36.9 Å². The standard InChI is InChI=1S/C37H39N5O2/c1-25-9-10-27(22-38-25)31-14-12-28(37(2,3)4)21-35(31)41-36(43)40-34-16-15-30(32-7-5-6-8-33(32)34)26-11-13-29(39-23-26)24-42-17-19-44-20-18-42/h5-16,21-23H,17-20,24H2,1-4H3,(H2,40,41,43). The van der Waals surface area contributed by atoms with E-state index in [0.29, 0.717) is 0 Å². The summed E-state index contributed by atoms with van der Waals surface area (Å²) >= 11 is 0. The molecule has 0 unspecified atom stereocenters. The Kier molecular flexibility index (Phi) is 8.42. The van der Waals surface area contributed by atoms with Gasteiger partial charge in [-0.3, -0.25) is 14.9 Å². The van der Waals surface area contributed by atoms with Gasteiger partial charge in [-0.15, -0.1) is 0 Å². The smallest absolute Gasteiger partial charge is 0.323 e. The Hall–Kier alpha value is -4.59. The number of carbonyl (C=O) groups is 1. The molecule has 7 heteroatoms. The third kappa shape index (κ3) is 6.64. The van der Waals surface area contributed by atoms with Crippen molar-refractivity contribution in [3.63, 3.8) is 0 Å². The van der Waals surface area contributed by atoms with E-state index in [-0.39, 0.29) is 11.4 Å². The van der Waals surface area contributed by atoms with Gasteiger partial charge in [0.05, 0.1) is 30.3 Å². The number of benzene rings is 3. The van der Waals surface area contributed by atoms with E-state index in [1.807, 2.05) is 55.7 Å². The number of hydrogen-bond acceptors (Lipinski definition) is 5. The lowest BCUT2D eigenvalue weighted by Gasteiger charge is -2.26. The first kappa shape index (κ1) is 29.5. The number of carbonyl (C=O) groups excluding carboxylic acids is 1. The Balaban J connectivity index is 1.25. The first-order valence-electron chi connectivity index (χ1n) is 15.2. The molecule has 0 spiro atoms. The number of hydrogen-bond donors (Lipinski definition) is 2. The summed E-state index contributed by atoms with van der Waals surface area (Å²) in [5.74, 6) is 0. The first-order chi connectivity index (χ1) is 21.2. The lowest BCUT2D eigenvalue weighted by atomic mass is 9.85. The van der Waals surface area contributed by atoms with Crippen molar-refractivity contribution < 1.29 is 9.53 Å². The molecule has 2 N–H and O–H groups in total. The van der Waals surface area contributed by atoms with Crippen LogP contribution in [0.25, 0.3) is 33.0 Å². The second-order valence-electron chi connectivity index (χ2n) is 12.4. The highest BCUT2D eigenvalue weighted by Crippen LogP contribution is 2.35. The maximum Gasteiger partial charge on any atom is 0.323 e. The number of ether oxygens (including phenoxy) is 1. The molecule has 44 heavy (non-hydrogen) atoms. The molecule has 0 atom stereocenters. The molecule has 3 aromatic carbocycles. The number of morpholine rings is 1. The van der Waals surface area contributed by atoms with Gasteiger partial charge >= 0.3 is 6.03 Å². The Morgan fingerprint density at radius 3 is 2.18 bits per heavy atom. The largest absolute Gasteiger partial charge is 0.379 e. The number of nitrogens with one attached hydrogen (secondary N) is 2. The summed E-state index contributed by atoms with van der Waals surface area (Å²) in [6, 6.07) is 26.4. The van der Waals surface area contributed by atoms with Crippen LogP contribution in [0.3, 0.4) is 0 Å². The maximum absolute atomic E-state index is 13.5. The highest BCUT2D eigenvalue weighted by atomic mass is 16.5. The van der Waals surface area contributed by atoms with E-state index in [0.717, 1.165) is 94.2 Å². The molecule has 0 aliphatic carbocycles. The van der Waals surface area contributed by atoms with Crippen molar-refractivity contribution in [3.8, 4) is 22.3 Å². The highest BCUT2D eigenvalue weighted by molar-refractivity contribution is 6.10. The number of fused-ring (bicyclic) bond motifs is 1. The number of aryl methyl sites for hydroxylation is 1. The average molecular weight is 586 g/mol. The predicted octanol–water partition coefficient (Wildman–Crippen LogP) is 8.05.